The Morgan fingerprint density at radius 3 is 1.94 bits per heavy atom. The van der Waals surface area contributed by atoms with E-state index in [0.717, 1.165) is 11.3 Å². The van der Waals surface area contributed by atoms with Crippen molar-refractivity contribution in [3.05, 3.63) is 89.5 Å². The second-order valence-corrected chi connectivity index (χ2v) is 8.01. The van der Waals surface area contributed by atoms with Gasteiger partial charge in [0.15, 0.2) is 0 Å². The van der Waals surface area contributed by atoms with Crippen LogP contribution in [0.15, 0.2) is 72.8 Å². The van der Waals surface area contributed by atoms with Gasteiger partial charge in [-0.2, -0.15) is 0 Å². The third-order valence-electron chi connectivity index (χ3n) is 4.73. The lowest BCUT2D eigenvalue weighted by molar-refractivity contribution is -0.114. The molecule has 0 fully saturated rings. The Bertz CT molecular complexity index is 1120. The fourth-order valence-corrected chi connectivity index (χ4v) is 3.10. The minimum absolute atomic E-state index is 0.0671. The van der Waals surface area contributed by atoms with E-state index in [1.807, 2.05) is 39.0 Å². The van der Waals surface area contributed by atoms with Crippen molar-refractivity contribution in [3.63, 3.8) is 0 Å². The number of hydrogen-bond donors (Lipinski definition) is 4. The zero-order chi connectivity index (χ0) is 23.8. The van der Waals surface area contributed by atoms with E-state index < -0.39 is 0 Å². The maximum Gasteiger partial charge on any atom is 0.255 e. The summed E-state index contributed by atoms with van der Waals surface area (Å²) in [5.74, 6) is -0.534. The van der Waals surface area contributed by atoms with Gasteiger partial charge in [0.1, 0.15) is 0 Å². The molecule has 7 nitrogen and oxygen atoms in total. The van der Waals surface area contributed by atoms with E-state index in [1.165, 1.54) is 0 Å². The van der Waals surface area contributed by atoms with Crippen LogP contribution in [0.4, 0.5) is 17.1 Å². The van der Waals surface area contributed by atoms with Gasteiger partial charge in [0.05, 0.1) is 6.54 Å². The van der Waals surface area contributed by atoms with Crippen LogP contribution in [-0.4, -0.2) is 30.3 Å². The molecule has 0 aliphatic carbocycles. The topological polar surface area (TPSA) is 99.3 Å². The van der Waals surface area contributed by atoms with Crippen molar-refractivity contribution >= 4 is 34.8 Å². The van der Waals surface area contributed by atoms with Gasteiger partial charge in [0, 0.05) is 34.2 Å². The molecule has 0 atom stereocenters. The van der Waals surface area contributed by atoms with Crippen molar-refractivity contribution in [2.24, 2.45) is 0 Å². The average Bonchev–Trinajstić information content (AvgIpc) is 2.79. The third kappa shape index (κ3) is 7.21. The minimum atomic E-state index is -0.215. The minimum Gasteiger partial charge on any atom is -0.376 e. The summed E-state index contributed by atoms with van der Waals surface area (Å²) >= 11 is 0. The predicted octanol–water partition coefficient (Wildman–Crippen LogP) is 4.44. The maximum absolute atomic E-state index is 12.3. The van der Waals surface area contributed by atoms with E-state index >= 15 is 0 Å². The van der Waals surface area contributed by atoms with Gasteiger partial charge in [0.2, 0.25) is 5.91 Å². The Labute approximate surface area is 193 Å². The fraction of sp³-hybridized carbons (Fsp3) is 0.192. The molecule has 0 heterocycles. The molecule has 0 aromatic heterocycles. The van der Waals surface area contributed by atoms with E-state index in [1.54, 1.807) is 54.6 Å². The quantitative estimate of drug-likeness (QED) is 0.413. The molecule has 0 bridgehead atoms. The summed E-state index contributed by atoms with van der Waals surface area (Å²) in [6.07, 6.45) is 0. The standard InChI is InChI=1S/C26H28N4O3/c1-17(2)28-25(32)19-7-9-21(10-8-19)27-16-24(31)29-22-11-13-23(14-12-22)30-26(33)20-6-4-5-18(3)15-20/h4-15,17,27H,16H2,1-3H3,(H,28,32)(H,29,31)(H,30,33). The highest BCUT2D eigenvalue weighted by atomic mass is 16.2. The molecule has 33 heavy (non-hydrogen) atoms. The van der Waals surface area contributed by atoms with Crippen LogP contribution in [0.1, 0.15) is 40.1 Å². The number of hydrogen-bond acceptors (Lipinski definition) is 4. The van der Waals surface area contributed by atoms with Gasteiger partial charge in [-0.05, 0) is 81.4 Å². The van der Waals surface area contributed by atoms with E-state index in [4.69, 9.17) is 0 Å². The predicted molar refractivity (Wildman–Crippen MR) is 132 cm³/mol. The van der Waals surface area contributed by atoms with Gasteiger partial charge >= 0.3 is 0 Å². The van der Waals surface area contributed by atoms with Crippen LogP contribution >= 0.6 is 0 Å². The summed E-state index contributed by atoms with van der Waals surface area (Å²) in [6, 6.07) is 21.3. The first-order valence-electron chi connectivity index (χ1n) is 10.7. The Morgan fingerprint density at radius 2 is 1.33 bits per heavy atom. The average molecular weight is 445 g/mol. The van der Waals surface area contributed by atoms with Crippen molar-refractivity contribution < 1.29 is 14.4 Å². The van der Waals surface area contributed by atoms with Crippen LogP contribution < -0.4 is 21.3 Å². The molecule has 3 aromatic carbocycles. The molecule has 0 radical (unpaired) electrons. The number of benzene rings is 3. The van der Waals surface area contributed by atoms with E-state index in [0.29, 0.717) is 22.5 Å². The molecule has 0 saturated carbocycles. The number of aryl methyl sites for hydroxylation is 1. The van der Waals surface area contributed by atoms with Crippen molar-refractivity contribution in [2.75, 3.05) is 22.5 Å². The summed E-state index contributed by atoms with van der Waals surface area (Å²) < 4.78 is 0. The Balaban J connectivity index is 1.47. The van der Waals surface area contributed by atoms with Crippen molar-refractivity contribution in [2.45, 2.75) is 26.8 Å². The molecule has 7 heteroatoms. The second kappa shape index (κ2) is 10.9. The molecule has 3 rings (SSSR count). The summed E-state index contributed by atoms with van der Waals surface area (Å²) in [6.45, 7) is 5.82. The highest BCUT2D eigenvalue weighted by Gasteiger charge is 2.08. The highest BCUT2D eigenvalue weighted by molar-refractivity contribution is 6.04. The fourth-order valence-electron chi connectivity index (χ4n) is 3.10. The summed E-state index contributed by atoms with van der Waals surface area (Å²) in [5, 5.41) is 11.5. The molecule has 0 saturated heterocycles. The largest absolute Gasteiger partial charge is 0.376 e. The molecule has 0 aliphatic rings. The number of nitrogens with one attached hydrogen (secondary N) is 4. The molecular formula is C26H28N4O3. The molecule has 0 unspecified atom stereocenters. The first kappa shape index (κ1) is 23.5. The SMILES string of the molecule is Cc1cccc(C(=O)Nc2ccc(NC(=O)CNc3ccc(C(=O)NC(C)C)cc3)cc2)c1. The molecule has 4 N–H and O–H groups in total. The lowest BCUT2D eigenvalue weighted by Gasteiger charge is -2.11. The molecule has 0 spiro atoms. The third-order valence-corrected chi connectivity index (χ3v) is 4.73. The highest BCUT2D eigenvalue weighted by Crippen LogP contribution is 2.15. The first-order valence-corrected chi connectivity index (χ1v) is 10.7. The molecule has 0 aliphatic heterocycles. The van der Waals surface area contributed by atoms with Crippen LogP contribution in [0.25, 0.3) is 0 Å². The molecule has 3 aromatic rings. The maximum atomic E-state index is 12.3. The second-order valence-electron chi connectivity index (χ2n) is 8.01. The smallest absolute Gasteiger partial charge is 0.255 e. The Morgan fingerprint density at radius 1 is 0.727 bits per heavy atom. The van der Waals surface area contributed by atoms with Crippen molar-refractivity contribution in [1.82, 2.24) is 5.32 Å². The van der Waals surface area contributed by atoms with E-state index in [-0.39, 0.29) is 30.3 Å². The monoisotopic (exact) mass is 444 g/mol. The summed E-state index contributed by atoms with van der Waals surface area (Å²) in [5.41, 5.74) is 4.16. The first-order chi connectivity index (χ1) is 15.8. The number of rotatable bonds is 8. The number of carbonyl (C=O) groups is 3. The van der Waals surface area contributed by atoms with Crippen LogP contribution in [0.3, 0.4) is 0 Å². The summed E-state index contributed by atoms with van der Waals surface area (Å²) in [7, 11) is 0. The van der Waals surface area contributed by atoms with E-state index in [9.17, 15) is 14.4 Å². The lowest BCUT2D eigenvalue weighted by atomic mass is 10.1. The van der Waals surface area contributed by atoms with Crippen LogP contribution in [0, 0.1) is 6.92 Å². The lowest BCUT2D eigenvalue weighted by Crippen LogP contribution is -2.30. The van der Waals surface area contributed by atoms with Gasteiger partial charge in [-0.15, -0.1) is 0 Å². The molecular weight excluding hydrogens is 416 g/mol. The zero-order valence-corrected chi connectivity index (χ0v) is 18.9. The Hall–Kier alpha value is -4.13. The summed E-state index contributed by atoms with van der Waals surface area (Å²) in [4.78, 5) is 36.6. The van der Waals surface area contributed by atoms with Gasteiger partial charge in [-0.1, -0.05) is 17.7 Å². The molecule has 170 valence electrons. The van der Waals surface area contributed by atoms with Gasteiger partial charge < -0.3 is 21.3 Å². The van der Waals surface area contributed by atoms with Gasteiger partial charge in [-0.3, -0.25) is 14.4 Å². The zero-order valence-electron chi connectivity index (χ0n) is 18.9. The van der Waals surface area contributed by atoms with Gasteiger partial charge in [0.25, 0.3) is 11.8 Å². The van der Waals surface area contributed by atoms with Crippen LogP contribution in [0.2, 0.25) is 0 Å². The van der Waals surface area contributed by atoms with Crippen molar-refractivity contribution in [3.8, 4) is 0 Å². The van der Waals surface area contributed by atoms with E-state index in [2.05, 4.69) is 21.3 Å². The number of carbonyl (C=O) groups excluding carboxylic acids is 3. The number of amides is 3. The normalized spacial score (nSPS) is 10.4. The van der Waals surface area contributed by atoms with Gasteiger partial charge in [-0.25, -0.2) is 0 Å². The Kier molecular flexibility index (Phi) is 7.81. The van der Waals surface area contributed by atoms with Crippen LogP contribution in [-0.2, 0) is 4.79 Å². The molecule has 3 amide bonds. The van der Waals surface area contributed by atoms with Crippen LogP contribution in [0.5, 0.6) is 0 Å². The number of anilines is 3. The van der Waals surface area contributed by atoms with Crippen molar-refractivity contribution in [1.29, 1.82) is 0 Å².